The van der Waals surface area contributed by atoms with E-state index in [2.05, 4.69) is 4.74 Å². The van der Waals surface area contributed by atoms with Crippen molar-refractivity contribution in [3.05, 3.63) is 65.2 Å². The molecule has 0 bridgehead atoms. The smallest absolute Gasteiger partial charge is 0.321 e. The van der Waals surface area contributed by atoms with Gasteiger partial charge in [-0.3, -0.25) is 4.79 Å². The summed E-state index contributed by atoms with van der Waals surface area (Å²) in [5.41, 5.74) is 2.29. The van der Waals surface area contributed by atoms with E-state index in [1.807, 2.05) is 43.3 Å². The fourth-order valence-corrected chi connectivity index (χ4v) is 4.03. The van der Waals surface area contributed by atoms with Crippen LogP contribution in [0.4, 0.5) is 0 Å². The highest BCUT2D eigenvalue weighted by Crippen LogP contribution is 2.23. The summed E-state index contributed by atoms with van der Waals surface area (Å²) in [5.74, 6) is -0.597. The predicted molar refractivity (Wildman–Crippen MR) is 92.0 cm³/mol. The van der Waals surface area contributed by atoms with Crippen LogP contribution in [0, 0.1) is 13.8 Å². The lowest BCUT2D eigenvalue weighted by Gasteiger charge is -2.22. The maximum Gasteiger partial charge on any atom is 0.321 e. The number of nitrogens with zero attached hydrogens (tertiary/aromatic N) is 1. The number of sulfonamides is 1. The number of methoxy groups -OCH3 is 1. The molecule has 2 aromatic rings. The molecule has 0 amide bonds. The molecule has 0 saturated heterocycles. The van der Waals surface area contributed by atoms with E-state index in [1.54, 1.807) is 19.1 Å². The number of ether oxygens (including phenoxy) is 1. The number of rotatable bonds is 6. The zero-order chi connectivity index (χ0) is 17.7. The van der Waals surface area contributed by atoms with E-state index in [-0.39, 0.29) is 18.0 Å². The molecule has 0 aliphatic rings. The van der Waals surface area contributed by atoms with E-state index in [1.165, 1.54) is 7.11 Å². The standard InChI is InChI=1S/C18H21NO4S/c1-14-9-10-15(2)17(11-14)24(21,22)19(13-18(20)23-3)12-16-7-5-4-6-8-16/h4-11H,12-13H2,1-3H3. The third kappa shape index (κ3) is 4.21. The van der Waals surface area contributed by atoms with Gasteiger partial charge in [0.05, 0.1) is 12.0 Å². The average Bonchev–Trinajstić information content (AvgIpc) is 2.57. The summed E-state index contributed by atoms with van der Waals surface area (Å²) in [6.45, 7) is 3.35. The van der Waals surface area contributed by atoms with Gasteiger partial charge in [-0.1, -0.05) is 42.5 Å². The molecular weight excluding hydrogens is 326 g/mol. The van der Waals surface area contributed by atoms with Gasteiger partial charge in [-0.25, -0.2) is 8.42 Å². The molecule has 0 aliphatic carbocycles. The van der Waals surface area contributed by atoms with Crippen LogP contribution in [-0.4, -0.2) is 32.3 Å². The van der Waals surface area contributed by atoms with Crippen molar-refractivity contribution in [1.29, 1.82) is 0 Å². The number of hydrogen-bond acceptors (Lipinski definition) is 4. The van der Waals surface area contributed by atoms with Gasteiger partial charge in [0.25, 0.3) is 0 Å². The Bertz CT molecular complexity index is 816. The Hall–Kier alpha value is -2.18. The van der Waals surface area contributed by atoms with Crippen molar-refractivity contribution in [3.63, 3.8) is 0 Å². The SMILES string of the molecule is COC(=O)CN(Cc1ccccc1)S(=O)(=O)c1cc(C)ccc1C. The minimum absolute atomic E-state index is 0.103. The number of aryl methyl sites for hydroxylation is 2. The van der Waals surface area contributed by atoms with Gasteiger partial charge in [0, 0.05) is 6.54 Å². The van der Waals surface area contributed by atoms with Gasteiger partial charge < -0.3 is 4.74 Å². The molecule has 0 spiro atoms. The van der Waals surface area contributed by atoms with Crippen molar-refractivity contribution in [2.45, 2.75) is 25.3 Å². The van der Waals surface area contributed by atoms with Crippen molar-refractivity contribution in [1.82, 2.24) is 4.31 Å². The van der Waals surface area contributed by atoms with Crippen LogP contribution in [0.5, 0.6) is 0 Å². The molecule has 2 aromatic carbocycles. The molecule has 0 fully saturated rings. The highest BCUT2D eigenvalue weighted by molar-refractivity contribution is 7.89. The second-order valence-corrected chi connectivity index (χ2v) is 7.51. The van der Waals surface area contributed by atoms with Gasteiger partial charge in [0.15, 0.2) is 0 Å². The van der Waals surface area contributed by atoms with Gasteiger partial charge >= 0.3 is 5.97 Å². The summed E-state index contributed by atoms with van der Waals surface area (Å²) in [5, 5.41) is 0. The fraction of sp³-hybridized carbons (Fsp3) is 0.278. The Morgan fingerprint density at radius 2 is 1.75 bits per heavy atom. The molecule has 0 unspecified atom stereocenters. The molecule has 0 aliphatic heterocycles. The van der Waals surface area contributed by atoms with Gasteiger partial charge in [-0.2, -0.15) is 4.31 Å². The Balaban J connectivity index is 2.44. The maximum atomic E-state index is 13.1. The topological polar surface area (TPSA) is 63.7 Å². The molecule has 6 heteroatoms. The second kappa shape index (κ2) is 7.59. The van der Waals surface area contributed by atoms with Crippen LogP contribution < -0.4 is 0 Å². The number of hydrogen-bond donors (Lipinski definition) is 0. The number of esters is 1. The summed E-state index contributed by atoms with van der Waals surface area (Å²) in [6.07, 6.45) is 0. The summed E-state index contributed by atoms with van der Waals surface area (Å²) in [6, 6.07) is 14.4. The van der Waals surface area contributed by atoms with E-state index in [9.17, 15) is 13.2 Å². The molecule has 24 heavy (non-hydrogen) atoms. The first kappa shape index (κ1) is 18.2. The lowest BCUT2D eigenvalue weighted by molar-refractivity contribution is -0.140. The molecule has 0 aromatic heterocycles. The van der Waals surface area contributed by atoms with Crippen LogP contribution in [0.2, 0.25) is 0 Å². The number of carbonyl (C=O) groups excluding carboxylic acids is 1. The first-order valence-electron chi connectivity index (χ1n) is 7.52. The lowest BCUT2D eigenvalue weighted by Crippen LogP contribution is -2.36. The second-order valence-electron chi connectivity index (χ2n) is 5.60. The zero-order valence-corrected chi connectivity index (χ0v) is 14.8. The van der Waals surface area contributed by atoms with E-state index in [0.717, 1.165) is 15.4 Å². The summed E-state index contributed by atoms with van der Waals surface area (Å²) >= 11 is 0. The van der Waals surface area contributed by atoms with Gasteiger partial charge in [-0.05, 0) is 36.6 Å². The maximum absolute atomic E-state index is 13.1. The van der Waals surface area contributed by atoms with Gasteiger partial charge in [-0.15, -0.1) is 0 Å². The Morgan fingerprint density at radius 1 is 1.08 bits per heavy atom. The van der Waals surface area contributed by atoms with Crippen LogP contribution >= 0.6 is 0 Å². The predicted octanol–water partition coefficient (Wildman–Crippen LogP) is 2.67. The first-order chi connectivity index (χ1) is 11.3. The number of benzene rings is 2. The van der Waals surface area contributed by atoms with Crippen molar-refractivity contribution in [3.8, 4) is 0 Å². The Morgan fingerprint density at radius 3 is 2.38 bits per heavy atom. The summed E-state index contributed by atoms with van der Waals surface area (Å²) < 4.78 is 32.0. The van der Waals surface area contributed by atoms with Crippen LogP contribution in [-0.2, 0) is 26.1 Å². The molecule has 0 N–H and O–H groups in total. The molecular formula is C18H21NO4S. The monoisotopic (exact) mass is 347 g/mol. The van der Waals surface area contributed by atoms with Crippen molar-refractivity contribution >= 4 is 16.0 Å². The number of carbonyl (C=O) groups is 1. The van der Waals surface area contributed by atoms with E-state index in [4.69, 9.17) is 0 Å². The van der Waals surface area contributed by atoms with Crippen LogP contribution in [0.3, 0.4) is 0 Å². The average molecular weight is 347 g/mol. The molecule has 2 rings (SSSR count). The first-order valence-corrected chi connectivity index (χ1v) is 8.96. The largest absolute Gasteiger partial charge is 0.468 e. The van der Waals surface area contributed by atoms with Crippen molar-refractivity contribution < 1.29 is 17.9 Å². The molecule has 0 radical (unpaired) electrons. The molecule has 128 valence electrons. The Labute approximate surface area is 142 Å². The van der Waals surface area contributed by atoms with Crippen molar-refractivity contribution in [2.75, 3.05) is 13.7 Å². The summed E-state index contributed by atoms with van der Waals surface area (Å²) in [7, 11) is -2.58. The van der Waals surface area contributed by atoms with E-state index >= 15 is 0 Å². The van der Waals surface area contributed by atoms with E-state index in [0.29, 0.717) is 5.56 Å². The molecule has 0 atom stereocenters. The highest BCUT2D eigenvalue weighted by Gasteiger charge is 2.28. The van der Waals surface area contributed by atoms with Crippen LogP contribution in [0.1, 0.15) is 16.7 Å². The fourth-order valence-electron chi connectivity index (χ4n) is 2.35. The van der Waals surface area contributed by atoms with Crippen molar-refractivity contribution in [2.24, 2.45) is 0 Å². The minimum Gasteiger partial charge on any atom is -0.468 e. The molecule has 5 nitrogen and oxygen atoms in total. The minimum atomic E-state index is -3.83. The van der Waals surface area contributed by atoms with E-state index < -0.39 is 16.0 Å². The van der Waals surface area contributed by atoms with Crippen LogP contribution in [0.25, 0.3) is 0 Å². The quantitative estimate of drug-likeness (QED) is 0.754. The third-order valence-electron chi connectivity index (χ3n) is 3.70. The molecule has 0 heterocycles. The van der Waals surface area contributed by atoms with Gasteiger partial charge in [0.2, 0.25) is 10.0 Å². The normalized spacial score (nSPS) is 11.5. The third-order valence-corrected chi connectivity index (χ3v) is 5.63. The Kier molecular flexibility index (Phi) is 5.75. The summed E-state index contributed by atoms with van der Waals surface area (Å²) in [4.78, 5) is 11.9. The lowest BCUT2D eigenvalue weighted by atomic mass is 10.2. The molecule has 0 saturated carbocycles. The highest BCUT2D eigenvalue weighted by atomic mass is 32.2. The zero-order valence-electron chi connectivity index (χ0n) is 14.0. The van der Waals surface area contributed by atoms with Crippen LogP contribution in [0.15, 0.2) is 53.4 Å². The van der Waals surface area contributed by atoms with Gasteiger partial charge in [0.1, 0.15) is 6.54 Å².